The fourth-order valence-electron chi connectivity index (χ4n) is 2.22. The van der Waals surface area contributed by atoms with Crippen molar-refractivity contribution < 1.29 is 14.3 Å². The van der Waals surface area contributed by atoms with Crippen molar-refractivity contribution in [3.05, 3.63) is 65.6 Å². The number of hydrogen-bond acceptors (Lipinski definition) is 2. The summed E-state index contributed by atoms with van der Waals surface area (Å²) >= 11 is 0. The SMILES string of the molecule is O=C(O)c1ccc(F)c2cnn(Cc3ccccc3)c12. The van der Waals surface area contributed by atoms with Crippen molar-refractivity contribution in [2.75, 3.05) is 0 Å². The van der Waals surface area contributed by atoms with Crippen molar-refractivity contribution in [2.24, 2.45) is 0 Å². The highest BCUT2D eigenvalue weighted by Gasteiger charge is 2.16. The van der Waals surface area contributed by atoms with E-state index in [2.05, 4.69) is 5.10 Å². The number of rotatable bonds is 3. The first-order chi connectivity index (χ1) is 9.66. The Kier molecular flexibility index (Phi) is 2.95. The molecule has 3 rings (SSSR count). The summed E-state index contributed by atoms with van der Waals surface area (Å²) in [6, 6.07) is 11.9. The second-order valence-electron chi connectivity index (χ2n) is 4.45. The van der Waals surface area contributed by atoms with E-state index >= 15 is 0 Å². The number of fused-ring (bicyclic) bond motifs is 1. The summed E-state index contributed by atoms with van der Waals surface area (Å²) in [6.07, 6.45) is 1.36. The third-order valence-electron chi connectivity index (χ3n) is 3.15. The van der Waals surface area contributed by atoms with Crippen molar-refractivity contribution in [2.45, 2.75) is 6.54 Å². The van der Waals surface area contributed by atoms with Crippen LogP contribution in [-0.4, -0.2) is 20.9 Å². The molecular weight excluding hydrogens is 259 g/mol. The van der Waals surface area contributed by atoms with Gasteiger partial charge in [-0.1, -0.05) is 30.3 Å². The van der Waals surface area contributed by atoms with E-state index in [0.29, 0.717) is 12.1 Å². The summed E-state index contributed by atoms with van der Waals surface area (Å²) < 4.78 is 15.2. The summed E-state index contributed by atoms with van der Waals surface area (Å²) in [4.78, 5) is 11.3. The van der Waals surface area contributed by atoms with Gasteiger partial charge in [-0.25, -0.2) is 9.18 Å². The lowest BCUT2D eigenvalue weighted by Gasteiger charge is -2.06. The molecule has 0 saturated carbocycles. The molecule has 1 heterocycles. The number of aromatic nitrogens is 2. The first-order valence-corrected chi connectivity index (χ1v) is 6.08. The molecule has 0 atom stereocenters. The van der Waals surface area contributed by atoms with Gasteiger partial charge in [0.05, 0.1) is 29.2 Å². The predicted octanol–water partition coefficient (Wildman–Crippen LogP) is 2.92. The highest BCUT2D eigenvalue weighted by Crippen LogP contribution is 2.22. The Labute approximate surface area is 114 Å². The van der Waals surface area contributed by atoms with Gasteiger partial charge in [0, 0.05) is 0 Å². The van der Waals surface area contributed by atoms with Crippen molar-refractivity contribution in [3.63, 3.8) is 0 Å². The number of halogens is 1. The Hall–Kier alpha value is -2.69. The number of aromatic carboxylic acids is 1. The molecule has 0 unspecified atom stereocenters. The second kappa shape index (κ2) is 4.77. The molecule has 0 aliphatic heterocycles. The topological polar surface area (TPSA) is 55.1 Å². The molecule has 0 fully saturated rings. The molecule has 0 spiro atoms. The molecule has 100 valence electrons. The fraction of sp³-hybridized carbons (Fsp3) is 0.0667. The lowest BCUT2D eigenvalue weighted by molar-refractivity contribution is 0.0698. The van der Waals surface area contributed by atoms with Crippen molar-refractivity contribution in [1.29, 1.82) is 0 Å². The van der Waals surface area contributed by atoms with E-state index in [1.165, 1.54) is 16.9 Å². The van der Waals surface area contributed by atoms with Gasteiger partial charge in [0.15, 0.2) is 0 Å². The summed E-state index contributed by atoms with van der Waals surface area (Å²) in [5.41, 5.74) is 1.33. The maximum Gasteiger partial charge on any atom is 0.337 e. The molecule has 1 N–H and O–H groups in total. The smallest absolute Gasteiger partial charge is 0.337 e. The van der Waals surface area contributed by atoms with Crippen LogP contribution >= 0.6 is 0 Å². The third kappa shape index (κ3) is 2.03. The lowest BCUT2D eigenvalue weighted by atomic mass is 10.1. The van der Waals surface area contributed by atoms with Crippen LogP contribution in [0.1, 0.15) is 15.9 Å². The van der Waals surface area contributed by atoms with Gasteiger partial charge in [-0.3, -0.25) is 4.68 Å². The van der Waals surface area contributed by atoms with Crippen molar-refractivity contribution >= 4 is 16.9 Å². The number of hydrogen-bond donors (Lipinski definition) is 1. The third-order valence-corrected chi connectivity index (χ3v) is 3.15. The Morgan fingerprint density at radius 1 is 1.20 bits per heavy atom. The zero-order chi connectivity index (χ0) is 14.1. The summed E-state index contributed by atoms with van der Waals surface area (Å²) in [5, 5.41) is 13.5. The van der Waals surface area contributed by atoms with Crippen LogP contribution in [0.15, 0.2) is 48.7 Å². The van der Waals surface area contributed by atoms with Crippen LogP contribution in [0, 0.1) is 5.82 Å². The molecule has 0 aliphatic carbocycles. The maximum atomic E-state index is 13.7. The first kappa shape index (κ1) is 12.3. The summed E-state index contributed by atoms with van der Waals surface area (Å²) in [7, 11) is 0. The zero-order valence-corrected chi connectivity index (χ0v) is 10.5. The van der Waals surface area contributed by atoms with Crippen LogP contribution in [0.4, 0.5) is 4.39 Å². The standard InChI is InChI=1S/C15H11FN2O2/c16-13-7-6-11(15(19)20)14-12(13)8-17-18(14)9-10-4-2-1-3-5-10/h1-8H,9H2,(H,19,20). The van der Waals surface area contributed by atoms with Gasteiger partial charge < -0.3 is 5.11 Å². The van der Waals surface area contributed by atoms with Gasteiger partial charge >= 0.3 is 5.97 Å². The van der Waals surface area contributed by atoms with E-state index in [9.17, 15) is 14.3 Å². The first-order valence-electron chi connectivity index (χ1n) is 6.08. The average molecular weight is 270 g/mol. The number of carboxylic acid groups (broad SMARTS) is 1. The van der Waals surface area contributed by atoms with Crippen LogP contribution < -0.4 is 0 Å². The van der Waals surface area contributed by atoms with E-state index in [1.807, 2.05) is 30.3 Å². The van der Waals surface area contributed by atoms with E-state index in [4.69, 9.17) is 0 Å². The van der Waals surface area contributed by atoms with Gasteiger partial charge in [0.2, 0.25) is 0 Å². The Balaban J connectivity index is 2.17. The Morgan fingerprint density at radius 2 is 1.95 bits per heavy atom. The molecule has 3 aromatic rings. The molecule has 0 saturated heterocycles. The maximum absolute atomic E-state index is 13.7. The summed E-state index contributed by atoms with van der Waals surface area (Å²) in [6.45, 7) is 0.397. The van der Waals surface area contributed by atoms with Crippen molar-refractivity contribution in [1.82, 2.24) is 9.78 Å². The van der Waals surface area contributed by atoms with Crippen LogP contribution in [0.25, 0.3) is 10.9 Å². The number of benzene rings is 2. The van der Waals surface area contributed by atoms with Gasteiger partial charge in [0.1, 0.15) is 5.82 Å². The molecule has 20 heavy (non-hydrogen) atoms. The van der Waals surface area contributed by atoms with Gasteiger partial charge in [-0.15, -0.1) is 0 Å². The molecule has 0 bridgehead atoms. The molecule has 2 aromatic carbocycles. The predicted molar refractivity (Wildman–Crippen MR) is 72.2 cm³/mol. The molecule has 0 amide bonds. The minimum absolute atomic E-state index is 0.0508. The normalized spacial score (nSPS) is 10.8. The number of carboxylic acids is 1. The highest BCUT2D eigenvalue weighted by molar-refractivity contribution is 6.02. The van der Waals surface area contributed by atoms with Crippen LogP contribution in [0.3, 0.4) is 0 Å². The van der Waals surface area contributed by atoms with Gasteiger partial charge in [0.25, 0.3) is 0 Å². The largest absolute Gasteiger partial charge is 0.478 e. The summed E-state index contributed by atoms with van der Waals surface area (Å²) in [5.74, 6) is -1.56. The zero-order valence-electron chi connectivity index (χ0n) is 10.5. The molecule has 0 radical (unpaired) electrons. The van der Waals surface area contributed by atoms with Crippen LogP contribution in [-0.2, 0) is 6.54 Å². The van der Waals surface area contributed by atoms with E-state index in [-0.39, 0.29) is 10.9 Å². The fourth-order valence-corrected chi connectivity index (χ4v) is 2.22. The van der Waals surface area contributed by atoms with Crippen molar-refractivity contribution in [3.8, 4) is 0 Å². The minimum Gasteiger partial charge on any atom is -0.478 e. The van der Waals surface area contributed by atoms with Gasteiger partial charge in [-0.05, 0) is 17.7 Å². The van der Waals surface area contributed by atoms with Gasteiger partial charge in [-0.2, -0.15) is 5.10 Å². The van der Waals surface area contributed by atoms with E-state index < -0.39 is 11.8 Å². The van der Waals surface area contributed by atoms with E-state index in [1.54, 1.807) is 0 Å². The molecule has 1 aromatic heterocycles. The lowest BCUT2D eigenvalue weighted by Crippen LogP contribution is -2.06. The molecule has 5 heteroatoms. The second-order valence-corrected chi connectivity index (χ2v) is 4.45. The Morgan fingerprint density at radius 3 is 2.65 bits per heavy atom. The minimum atomic E-state index is -1.09. The number of carbonyl (C=O) groups is 1. The molecule has 4 nitrogen and oxygen atoms in total. The molecule has 0 aliphatic rings. The average Bonchev–Trinajstić information content (AvgIpc) is 2.85. The monoisotopic (exact) mass is 270 g/mol. The quantitative estimate of drug-likeness (QED) is 0.796. The van der Waals surface area contributed by atoms with Crippen LogP contribution in [0.2, 0.25) is 0 Å². The molecular formula is C15H11FN2O2. The van der Waals surface area contributed by atoms with E-state index in [0.717, 1.165) is 11.6 Å². The number of nitrogens with zero attached hydrogens (tertiary/aromatic N) is 2. The highest BCUT2D eigenvalue weighted by atomic mass is 19.1. The van der Waals surface area contributed by atoms with Crippen LogP contribution in [0.5, 0.6) is 0 Å². The Bertz CT molecular complexity index is 781.